The van der Waals surface area contributed by atoms with E-state index in [9.17, 15) is 18.0 Å². The number of nitrogens with zero attached hydrogens (tertiary/aromatic N) is 2. The number of aryl methyl sites for hydroxylation is 1. The zero-order chi connectivity index (χ0) is 14.8. The van der Waals surface area contributed by atoms with Crippen molar-refractivity contribution in [3.8, 4) is 0 Å². The molecule has 2 rings (SSSR count). The second kappa shape index (κ2) is 5.52. The molecule has 1 aliphatic rings. The van der Waals surface area contributed by atoms with Gasteiger partial charge in [-0.05, 0) is 24.6 Å². The van der Waals surface area contributed by atoms with Gasteiger partial charge in [-0.2, -0.15) is 13.2 Å². The molecule has 0 radical (unpaired) electrons. The lowest BCUT2D eigenvalue weighted by molar-refractivity contribution is -0.130. The number of likely N-dealkylation sites (tertiary alicyclic amines) is 1. The number of amides is 1. The molecule has 2 heterocycles. The van der Waals surface area contributed by atoms with E-state index in [0.717, 1.165) is 5.56 Å². The zero-order valence-electron chi connectivity index (χ0n) is 10.8. The molecule has 1 N–H and O–H groups in total. The zero-order valence-corrected chi connectivity index (χ0v) is 10.8. The first-order chi connectivity index (χ1) is 9.33. The minimum atomic E-state index is -4.45. The van der Waals surface area contributed by atoms with Crippen LogP contribution < -0.4 is 5.32 Å². The third kappa shape index (κ3) is 3.97. The predicted molar refractivity (Wildman–Crippen MR) is 68.2 cm³/mol. The van der Waals surface area contributed by atoms with Gasteiger partial charge >= 0.3 is 6.18 Å². The van der Waals surface area contributed by atoms with Crippen molar-refractivity contribution >= 4 is 11.7 Å². The maximum atomic E-state index is 11.9. The molecular weight excluding hydrogens is 271 g/mol. The standard InChI is InChI=1S/C13H14F3N3O/c1-9-3-5-17-11(6-9)18-10-7-19(8-10)12(20)2-4-13(14,15)16/h2-6,10H,7-8H2,1H3,(H,17,18). The van der Waals surface area contributed by atoms with Crippen LogP contribution in [0.3, 0.4) is 0 Å². The van der Waals surface area contributed by atoms with Crippen molar-refractivity contribution in [1.29, 1.82) is 0 Å². The van der Waals surface area contributed by atoms with Gasteiger partial charge in [0.2, 0.25) is 5.91 Å². The van der Waals surface area contributed by atoms with Crippen LogP contribution in [0.25, 0.3) is 0 Å². The summed E-state index contributed by atoms with van der Waals surface area (Å²) in [5.41, 5.74) is 1.06. The summed E-state index contributed by atoms with van der Waals surface area (Å²) in [7, 11) is 0. The molecule has 20 heavy (non-hydrogen) atoms. The molecule has 108 valence electrons. The molecule has 1 amide bonds. The van der Waals surface area contributed by atoms with E-state index < -0.39 is 12.1 Å². The monoisotopic (exact) mass is 285 g/mol. The lowest BCUT2D eigenvalue weighted by Crippen LogP contribution is -2.56. The molecule has 0 atom stereocenters. The van der Waals surface area contributed by atoms with Crippen LogP contribution in [0.5, 0.6) is 0 Å². The molecule has 0 aliphatic carbocycles. The predicted octanol–water partition coefficient (Wildman–Crippen LogP) is 2.13. The highest BCUT2D eigenvalue weighted by Gasteiger charge is 2.30. The summed E-state index contributed by atoms with van der Waals surface area (Å²) in [6.07, 6.45) is -2.27. The average molecular weight is 285 g/mol. The van der Waals surface area contributed by atoms with Crippen LogP contribution >= 0.6 is 0 Å². The van der Waals surface area contributed by atoms with Crippen LogP contribution in [0.4, 0.5) is 19.0 Å². The summed E-state index contributed by atoms with van der Waals surface area (Å²) >= 11 is 0. The lowest BCUT2D eigenvalue weighted by Gasteiger charge is -2.39. The Hall–Kier alpha value is -2.05. The molecule has 0 bridgehead atoms. The van der Waals surface area contributed by atoms with Crippen molar-refractivity contribution in [3.05, 3.63) is 36.0 Å². The first-order valence-electron chi connectivity index (χ1n) is 6.07. The van der Waals surface area contributed by atoms with Gasteiger partial charge in [0.05, 0.1) is 6.04 Å². The third-order valence-electron chi connectivity index (χ3n) is 2.88. The van der Waals surface area contributed by atoms with Crippen molar-refractivity contribution in [2.45, 2.75) is 19.1 Å². The number of rotatable bonds is 3. The molecular formula is C13H14F3N3O. The van der Waals surface area contributed by atoms with Crippen LogP contribution in [0, 0.1) is 6.92 Å². The first kappa shape index (κ1) is 14.4. The van der Waals surface area contributed by atoms with Gasteiger partial charge in [0.15, 0.2) is 0 Å². The molecule has 0 spiro atoms. The fourth-order valence-corrected chi connectivity index (χ4v) is 1.85. The van der Waals surface area contributed by atoms with Gasteiger partial charge in [0, 0.05) is 31.4 Å². The molecule has 1 aliphatic heterocycles. The highest BCUT2D eigenvalue weighted by atomic mass is 19.4. The minimum Gasteiger partial charge on any atom is -0.364 e. The van der Waals surface area contributed by atoms with E-state index in [4.69, 9.17) is 0 Å². The largest absolute Gasteiger partial charge is 0.409 e. The van der Waals surface area contributed by atoms with Gasteiger partial charge in [-0.3, -0.25) is 4.79 Å². The summed E-state index contributed by atoms with van der Waals surface area (Å²) in [6, 6.07) is 3.75. The van der Waals surface area contributed by atoms with Gasteiger partial charge in [0.1, 0.15) is 5.82 Å². The Morgan fingerprint density at radius 1 is 1.50 bits per heavy atom. The molecule has 1 saturated heterocycles. The van der Waals surface area contributed by atoms with E-state index in [2.05, 4.69) is 10.3 Å². The molecule has 4 nitrogen and oxygen atoms in total. The Labute approximate surface area is 114 Å². The number of hydrogen-bond acceptors (Lipinski definition) is 3. The van der Waals surface area contributed by atoms with Crippen LogP contribution in [0.15, 0.2) is 30.5 Å². The SMILES string of the molecule is Cc1ccnc(NC2CN(C(=O)C=CC(F)(F)F)C2)c1. The smallest absolute Gasteiger partial charge is 0.364 e. The maximum absolute atomic E-state index is 11.9. The Bertz CT molecular complexity index is 522. The van der Waals surface area contributed by atoms with E-state index in [0.29, 0.717) is 25.0 Å². The number of pyridine rings is 1. The summed E-state index contributed by atoms with van der Waals surface area (Å²) in [5.74, 6) is 0.0745. The summed E-state index contributed by atoms with van der Waals surface area (Å²) in [6.45, 7) is 2.68. The molecule has 1 fully saturated rings. The highest BCUT2D eigenvalue weighted by Crippen LogP contribution is 2.18. The number of carbonyl (C=O) groups excluding carboxylic acids is 1. The Balaban J connectivity index is 1.80. The van der Waals surface area contributed by atoms with Gasteiger partial charge in [-0.25, -0.2) is 4.98 Å². The quantitative estimate of drug-likeness (QED) is 0.865. The molecule has 1 aromatic rings. The lowest BCUT2D eigenvalue weighted by atomic mass is 10.1. The van der Waals surface area contributed by atoms with Gasteiger partial charge in [-0.15, -0.1) is 0 Å². The minimum absolute atomic E-state index is 0.0209. The molecule has 0 saturated carbocycles. The van der Waals surface area contributed by atoms with E-state index >= 15 is 0 Å². The third-order valence-corrected chi connectivity index (χ3v) is 2.88. The second-order valence-electron chi connectivity index (χ2n) is 4.68. The Kier molecular flexibility index (Phi) is 3.96. The van der Waals surface area contributed by atoms with E-state index in [1.165, 1.54) is 4.90 Å². The maximum Gasteiger partial charge on any atom is 0.409 e. The second-order valence-corrected chi connectivity index (χ2v) is 4.68. The van der Waals surface area contributed by atoms with Gasteiger partial charge in [-0.1, -0.05) is 0 Å². The highest BCUT2D eigenvalue weighted by molar-refractivity contribution is 5.88. The molecule has 0 unspecified atom stereocenters. The first-order valence-corrected chi connectivity index (χ1v) is 6.07. The summed E-state index contributed by atoms with van der Waals surface area (Å²) in [5, 5.41) is 3.13. The van der Waals surface area contributed by atoms with Crippen molar-refractivity contribution in [1.82, 2.24) is 9.88 Å². The number of hydrogen-bond donors (Lipinski definition) is 1. The van der Waals surface area contributed by atoms with Crippen LogP contribution in [-0.2, 0) is 4.79 Å². The number of allylic oxidation sites excluding steroid dienone is 1. The van der Waals surface area contributed by atoms with Gasteiger partial charge in [0.25, 0.3) is 0 Å². The number of carbonyl (C=O) groups is 1. The van der Waals surface area contributed by atoms with E-state index in [1.807, 2.05) is 19.1 Å². The Morgan fingerprint density at radius 3 is 2.80 bits per heavy atom. The molecule has 0 aromatic carbocycles. The summed E-state index contributed by atoms with van der Waals surface area (Å²) < 4.78 is 35.8. The van der Waals surface area contributed by atoms with Crippen molar-refractivity contribution in [3.63, 3.8) is 0 Å². The normalized spacial score (nSPS) is 16.3. The molecule has 1 aromatic heterocycles. The number of nitrogens with one attached hydrogen (secondary N) is 1. The fourth-order valence-electron chi connectivity index (χ4n) is 1.85. The number of halogens is 3. The van der Waals surface area contributed by atoms with Crippen molar-refractivity contribution < 1.29 is 18.0 Å². The topological polar surface area (TPSA) is 45.2 Å². The summed E-state index contributed by atoms with van der Waals surface area (Å²) in [4.78, 5) is 16.9. The number of anilines is 1. The average Bonchev–Trinajstić information content (AvgIpc) is 2.29. The molecule has 7 heteroatoms. The van der Waals surface area contributed by atoms with Gasteiger partial charge < -0.3 is 10.2 Å². The van der Waals surface area contributed by atoms with Crippen LogP contribution in [0.2, 0.25) is 0 Å². The van der Waals surface area contributed by atoms with Crippen molar-refractivity contribution in [2.75, 3.05) is 18.4 Å². The number of aromatic nitrogens is 1. The van der Waals surface area contributed by atoms with Crippen LogP contribution in [0.1, 0.15) is 5.56 Å². The van der Waals surface area contributed by atoms with E-state index in [1.54, 1.807) is 6.20 Å². The van der Waals surface area contributed by atoms with Crippen molar-refractivity contribution in [2.24, 2.45) is 0 Å². The van der Waals surface area contributed by atoms with E-state index in [-0.39, 0.29) is 12.1 Å². The number of alkyl halides is 3. The van der Waals surface area contributed by atoms with Crippen LogP contribution in [-0.4, -0.2) is 41.1 Å². The fraction of sp³-hybridized carbons (Fsp3) is 0.385. The Morgan fingerprint density at radius 2 is 2.20 bits per heavy atom.